The molecule has 1 amide bonds. The molecular formula is C18H19NO5S. The van der Waals surface area contributed by atoms with Crippen molar-refractivity contribution in [1.82, 2.24) is 0 Å². The molecule has 0 atom stereocenters. The van der Waals surface area contributed by atoms with Gasteiger partial charge in [0, 0.05) is 11.9 Å². The van der Waals surface area contributed by atoms with Gasteiger partial charge in [0.15, 0.2) is 9.84 Å². The van der Waals surface area contributed by atoms with Crippen LogP contribution in [0.5, 0.6) is 0 Å². The molecule has 7 heteroatoms. The number of amides is 1. The van der Waals surface area contributed by atoms with E-state index in [1.165, 1.54) is 12.1 Å². The number of carbonyl (C=O) groups excluding carboxylic acids is 2. The van der Waals surface area contributed by atoms with Gasteiger partial charge in [-0.1, -0.05) is 12.1 Å². The monoisotopic (exact) mass is 361 g/mol. The van der Waals surface area contributed by atoms with Gasteiger partial charge in [0.2, 0.25) is 5.91 Å². The van der Waals surface area contributed by atoms with E-state index in [0.29, 0.717) is 23.4 Å². The van der Waals surface area contributed by atoms with Crippen LogP contribution in [-0.2, 0) is 25.8 Å². The Hall–Kier alpha value is -2.67. The van der Waals surface area contributed by atoms with Crippen molar-refractivity contribution in [3.05, 3.63) is 59.7 Å². The molecule has 25 heavy (non-hydrogen) atoms. The third kappa shape index (κ3) is 5.42. The maximum atomic E-state index is 12.1. The molecule has 0 aliphatic rings. The summed E-state index contributed by atoms with van der Waals surface area (Å²) in [6.45, 7) is 2.03. The first kappa shape index (κ1) is 18.7. The highest BCUT2D eigenvalue weighted by atomic mass is 32.2. The Labute approximate surface area is 146 Å². The SMILES string of the molecule is CCOC(=O)c1ccc(NC(=O)Cc2ccc(S(C)(=O)=O)cc2)cc1. The predicted molar refractivity (Wildman–Crippen MR) is 94.3 cm³/mol. The van der Waals surface area contributed by atoms with E-state index >= 15 is 0 Å². The molecule has 0 bridgehead atoms. The van der Waals surface area contributed by atoms with E-state index in [9.17, 15) is 18.0 Å². The van der Waals surface area contributed by atoms with Crippen LogP contribution >= 0.6 is 0 Å². The molecule has 6 nitrogen and oxygen atoms in total. The molecular weight excluding hydrogens is 342 g/mol. The zero-order chi connectivity index (χ0) is 18.4. The lowest BCUT2D eigenvalue weighted by Gasteiger charge is -2.07. The summed E-state index contributed by atoms with van der Waals surface area (Å²) in [4.78, 5) is 23.8. The Morgan fingerprint density at radius 3 is 2.12 bits per heavy atom. The van der Waals surface area contributed by atoms with Crippen molar-refractivity contribution >= 4 is 27.4 Å². The van der Waals surface area contributed by atoms with Gasteiger partial charge < -0.3 is 10.1 Å². The average Bonchev–Trinajstić information content (AvgIpc) is 2.55. The molecule has 2 aromatic rings. The van der Waals surface area contributed by atoms with Gasteiger partial charge in [0.1, 0.15) is 0 Å². The molecule has 132 valence electrons. The number of sulfone groups is 1. The fourth-order valence-electron chi connectivity index (χ4n) is 2.15. The molecule has 0 spiro atoms. The van der Waals surface area contributed by atoms with Crippen LogP contribution in [0.15, 0.2) is 53.4 Å². The Kier molecular flexibility index (Phi) is 5.93. The maximum Gasteiger partial charge on any atom is 0.338 e. The second-order valence-corrected chi connectivity index (χ2v) is 7.45. The second kappa shape index (κ2) is 7.94. The van der Waals surface area contributed by atoms with E-state index in [0.717, 1.165) is 6.26 Å². The van der Waals surface area contributed by atoms with Crippen molar-refractivity contribution in [2.45, 2.75) is 18.2 Å². The van der Waals surface area contributed by atoms with Crippen molar-refractivity contribution in [1.29, 1.82) is 0 Å². The Balaban J connectivity index is 1.97. The number of benzene rings is 2. The fraction of sp³-hybridized carbons (Fsp3) is 0.222. The van der Waals surface area contributed by atoms with E-state index in [1.54, 1.807) is 43.3 Å². The van der Waals surface area contributed by atoms with Gasteiger partial charge >= 0.3 is 5.97 Å². The molecule has 0 aliphatic carbocycles. The molecule has 0 aromatic heterocycles. The van der Waals surface area contributed by atoms with Crippen LogP contribution < -0.4 is 5.32 Å². The minimum Gasteiger partial charge on any atom is -0.462 e. The topological polar surface area (TPSA) is 89.5 Å². The highest BCUT2D eigenvalue weighted by Crippen LogP contribution is 2.13. The van der Waals surface area contributed by atoms with Gasteiger partial charge in [-0.05, 0) is 48.9 Å². The van der Waals surface area contributed by atoms with Gasteiger partial charge in [-0.15, -0.1) is 0 Å². The van der Waals surface area contributed by atoms with Crippen molar-refractivity contribution < 1.29 is 22.7 Å². The normalized spacial score (nSPS) is 11.0. The van der Waals surface area contributed by atoms with Crippen LogP contribution in [0.2, 0.25) is 0 Å². The summed E-state index contributed by atoms with van der Waals surface area (Å²) in [5.41, 5.74) is 1.68. The summed E-state index contributed by atoms with van der Waals surface area (Å²) in [6.07, 6.45) is 1.25. The predicted octanol–water partition coefficient (Wildman–Crippen LogP) is 2.45. The van der Waals surface area contributed by atoms with Crippen LogP contribution in [0.3, 0.4) is 0 Å². The standard InChI is InChI=1S/C18H19NO5S/c1-3-24-18(21)14-6-8-15(9-7-14)19-17(20)12-13-4-10-16(11-5-13)25(2,22)23/h4-11H,3,12H2,1-2H3,(H,19,20). The van der Waals surface area contributed by atoms with E-state index < -0.39 is 15.8 Å². The van der Waals surface area contributed by atoms with Gasteiger partial charge in [-0.3, -0.25) is 4.79 Å². The van der Waals surface area contributed by atoms with Gasteiger partial charge in [-0.2, -0.15) is 0 Å². The van der Waals surface area contributed by atoms with Crippen LogP contribution in [0.4, 0.5) is 5.69 Å². The molecule has 0 saturated carbocycles. The number of hydrogen-bond donors (Lipinski definition) is 1. The smallest absolute Gasteiger partial charge is 0.338 e. The number of rotatable bonds is 6. The second-order valence-electron chi connectivity index (χ2n) is 5.44. The largest absolute Gasteiger partial charge is 0.462 e. The maximum absolute atomic E-state index is 12.1. The number of ether oxygens (including phenoxy) is 1. The first-order valence-corrected chi connectivity index (χ1v) is 9.55. The zero-order valence-corrected chi connectivity index (χ0v) is 14.8. The summed E-state index contributed by atoms with van der Waals surface area (Å²) < 4.78 is 27.7. The molecule has 0 heterocycles. The molecule has 2 aromatic carbocycles. The fourth-order valence-corrected chi connectivity index (χ4v) is 2.78. The lowest BCUT2D eigenvalue weighted by Crippen LogP contribution is -2.14. The quantitative estimate of drug-likeness (QED) is 0.798. The Morgan fingerprint density at radius 1 is 1.00 bits per heavy atom. The van der Waals surface area contributed by atoms with E-state index in [4.69, 9.17) is 4.74 Å². The lowest BCUT2D eigenvalue weighted by atomic mass is 10.1. The molecule has 1 N–H and O–H groups in total. The average molecular weight is 361 g/mol. The van der Waals surface area contributed by atoms with E-state index in [-0.39, 0.29) is 17.2 Å². The Bertz CT molecular complexity index is 855. The molecule has 2 rings (SSSR count). The van der Waals surface area contributed by atoms with Crippen LogP contribution in [0.1, 0.15) is 22.8 Å². The first-order valence-electron chi connectivity index (χ1n) is 7.65. The van der Waals surface area contributed by atoms with Crippen molar-refractivity contribution in [3.63, 3.8) is 0 Å². The first-order chi connectivity index (χ1) is 11.8. The summed E-state index contributed by atoms with van der Waals surface area (Å²) >= 11 is 0. The molecule has 0 aliphatic heterocycles. The minimum absolute atomic E-state index is 0.115. The van der Waals surface area contributed by atoms with Crippen LogP contribution in [0, 0.1) is 0 Å². The summed E-state index contributed by atoms with van der Waals surface area (Å²) in [5.74, 6) is -0.651. The molecule has 0 saturated heterocycles. The number of nitrogens with one attached hydrogen (secondary N) is 1. The summed E-state index contributed by atoms with van der Waals surface area (Å²) in [7, 11) is -3.25. The molecule has 0 fully saturated rings. The highest BCUT2D eigenvalue weighted by Gasteiger charge is 2.10. The lowest BCUT2D eigenvalue weighted by molar-refractivity contribution is -0.115. The summed E-state index contributed by atoms with van der Waals surface area (Å²) in [5, 5.41) is 2.72. The minimum atomic E-state index is -3.25. The Morgan fingerprint density at radius 2 is 1.60 bits per heavy atom. The molecule has 0 unspecified atom stereocenters. The number of hydrogen-bond acceptors (Lipinski definition) is 5. The van der Waals surface area contributed by atoms with Crippen molar-refractivity contribution in [2.24, 2.45) is 0 Å². The van der Waals surface area contributed by atoms with E-state index in [2.05, 4.69) is 5.32 Å². The summed E-state index contributed by atoms with van der Waals surface area (Å²) in [6, 6.07) is 12.6. The number of carbonyl (C=O) groups is 2. The highest BCUT2D eigenvalue weighted by molar-refractivity contribution is 7.90. The van der Waals surface area contributed by atoms with Crippen LogP contribution in [-0.4, -0.2) is 33.2 Å². The van der Waals surface area contributed by atoms with Gasteiger partial charge in [-0.25, -0.2) is 13.2 Å². The third-order valence-corrected chi connectivity index (χ3v) is 4.52. The number of esters is 1. The van der Waals surface area contributed by atoms with Crippen LogP contribution in [0.25, 0.3) is 0 Å². The third-order valence-electron chi connectivity index (χ3n) is 3.40. The zero-order valence-electron chi connectivity index (χ0n) is 14.0. The molecule has 0 radical (unpaired) electrons. The number of anilines is 1. The van der Waals surface area contributed by atoms with E-state index in [1.807, 2.05) is 0 Å². The van der Waals surface area contributed by atoms with Crippen molar-refractivity contribution in [3.8, 4) is 0 Å². The van der Waals surface area contributed by atoms with Crippen molar-refractivity contribution in [2.75, 3.05) is 18.2 Å². The van der Waals surface area contributed by atoms with Gasteiger partial charge in [0.25, 0.3) is 0 Å². The van der Waals surface area contributed by atoms with Gasteiger partial charge in [0.05, 0.1) is 23.5 Å².